The van der Waals surface area contributed by atoms with Crippen LogP contribution in [0.3, 0.4) is 0 Å². The number of nitrogens with zero attached hydrogens (tertiary/aromatic N) is 1. The van der Waals surface area contributed by atoms with Crippen molar-refractivity contribution in [3.63, 3.8) is 0 Å². The highest BCUT2D eigenvalue weighted by Gasteiger charge is 2.09. The van der Waals surface area contributed by atoms with Gasteiger partial charge in [0, 0.05) is 18.2 Å². The van der Waals surface area contributed by atoms with Crippen LogP contribution in [0, 0.1) is 13.8 Å². The molecule has 1 amide bonds. The van der Waals surface area contributed by atoms with Crippen molar-refractivity contribution >= 4 is 5.91 Å². The first-order chi connectivity index (χ1) is 8.04. The van der Waals surface area contributed by atoms with Crippen molar-refractivity contribution in [1.29, 1.82) is 0 Å². The second kappa shape index (κ2) is 6.39. The highest BCUT2D eigenvalue weighted by Crippen LogP contribution is 2.10. The molecule has 0 aliphatic rings. The third-order valence-corrected chi connectivity index (χ3v) is 2.79. The van der Waals surface area contributed by atoms with Gasteiger partial charge in [-0.2, -0.15) is 0 Å². The van der Waals surface area contributed by atoms with Gasteiger partial charge < -0.3 is 15.2 Å². The van der Waals surface area contributed by atoms with Crippen LogP contribution in [0.4, 0.5) is 0 Å². The van der Waals surface area contributed by atoms with Gasteiger partial charge in [-0.25, -0.2) is 0 Å². The molecule has 0 spiro atoms. The van der Waals surface area contributed by atoms with E-state index in [0.29, 0.717) is 13.1 Å². The lowest BCUT2D eigenvalue weighted by Crippen LogP contribution is -2.38. The number of rotatable bonds is 6. The average molecular weight is 239 g/mol. The molecule has 0 saturated heterocycles. The maximum Gasteiger partial charge on any atom is 0.234 e. The Hall–Kier alpha value is -1.36. The van der Waals surface area contributed by atoms with Crippen molar-refractivity contribution in [3.8, 4) is 0 Å². The summed E-state index contributed by atoms with van der Waals surface area (Å²) in [5.41, 5.74) is 1.90. The number of nitrogens with one attached hydrogen (secondary N) is 2. The van der Waals surface area contributed by atoms with Crippen LogP contribution in [0.5, 0.6) is 0 Å². The van der Waals surface area contributed by atoms with Gasteiger partial charge in [0.15, 0.2) is 0 Å². The summed E-state index contributed by atoms with van der Waals surface area (Å²) in [5, 5.41) is 9.85. The maximum atomic E-state index is 11.5. The number of hydrogen-bond donors (Lipinski definition) is 2. The largest absolute Gasteiger partial charge is 0.361 e. The number of aromatic nitrogens is 1. The summed E-state index contributed by atoms with van der Waals surface area (Å²) in [6.45, 7) is 8.72. The van der Waals surface area contributed by atoms with Crippen LogP contribution < -0.4 is 10.6 Å². The van der Waals surface area contributed by atoms with Crippen LogP contribution in [-0.2, 0) is 11.3 Å². The smallest absolute Gasteiger partial charge is 0.234 e. The summed E-state index contributed by atoms with van der Waals surface area (Å²) in [4.78, 5) is 11.5. The Morgan fingerprint density at radius 3 is 2.71 bits per heavy atom. The van der Waals surface area contributed by atoms with E-state index in [1.54, 1.807) is 0 Å². The third kappa shape index (κ3) is 4.19. The fraction of sp³-hybridized carbons (Fsp3) is 0.667. The predicted octanol–water partition coefficient (Wildman–Crippen LogP) is 1.30. The van der Waals surface area contributed by atoms with Crippen LogP contribution in [0.2, 0.25) is 0 Å². The molecule has 5 nitrogen and oxygen atoms in total. The fourth-order valence-electron chi connectivity index (χ4n) is 1.48. The zero-order valence-electron chi connectivity index (χ0n) is 11.0. The van der Waals surface area contributed by atoms with Crippen LogP contribution in [0.15, 0.2) is 4.52 Å². The molecule has 0 saturated carbocycles. The Bertz CT molecular complexity index is 354. The summed E-state index contributed by atoms with van der Waals surface area (Å²) >= 11 is 0. The monoisotopic (exact) mass is 239 g/mol. The van der Waals surface area contributed by atoms with E-state index < -0.39 is 0 Å². The Balaban J connectivity index is 2.31. The minimum atomic E-state index is 0.0195. The van der Waals surface area contributed by atoms with Crippen molar-refractivity contribution < 1.29 is 9.32 Å². The molecule has 1 aromatic rings. The Kier molecular flexibility index (Phi) is 5.15. The topological polar surface area (TPSA) is 67.2 Å². The summed E-state index contributed by atoms with van der Waals surface area (Å²) in [5.74, 6) is 0.823. The Morgan fingerprint density at radius 2 is 2.18 bits per heavy atom. The second-order valence-electron chi connectivity index (χ2n) is 4.28. The summed E-state index contributed by atoms with van der Waals surface area (Å²) < 4.78 is 5.04. The fourth-order valence-corrected chi connectivity index (χ4v) is 1.48. The number of amides is 1. The lowest BCUT2D eigenvalue weighted by Gasteiger charge is -2.11. The number of carbonyl (C=O) groups excluding carboxylic acids is 1. The van der Waals surface area contributed by atoms with Crippen molar-refractivity contribution in [2.24, 2.45) is 0 Å². The maximum absolute atomic E-state index is 11.5. The van der Waals surface area contributed by atoms with Crippen molar-refractivity contribution in [3.05, 3.63) is 17.0 Å². The third-order valence-electron chi connectivity index (χ3n) is 2.79. The van der Waals surface area contributed by atoms with Crippen LogP contribution in [0.1, 0.15) is 37.3 Å². The molecule has 0 fully saturated rings. The first-order valence-electron chi connectivity index (χ1n) is 5.96. The van der Waals surface area contributed by atoms with Gasteiger partial charge in [0.2, 0.25) is 5.91 Å². The van der Waals surface area contributed by atoms with Gasteiger partial charge in [-0.3, -0.25) is 4.79 Å². The van der Waals surface area contributed by atoms with Gasteiger partial charge in [-0.05, 0) is 27.2 Å². The molecule has 17 heavy (non-hydrogen) atoms. The van der Waals surface area contributed by atoms with E-state index in [9.17, 15) is 4.79 Å². The molecule has 1 unspecified atom stereocenters. The van der Waals surface area contributed by atoms with E-state index in [4.69, 9.17) is 4.52 Å². The lowest BCUT2D eigenvalue weighted by molar-refractivity contribution is -0.120. The zero-order chi connectivity index (χ0) is 12.8. The molecule has 1 atom stereocenters. The SMILES string of the molecule is CCC(C)NC(=O)CNCc1c(C)noc1C. The van der Waals surface area contributed by atoms with Gasteiger partial charge in [0.25, 0.3) is 0 Å². The lowest BCUT2D eigenvalue weighted by atomic mass is 10.2. The first-order valence-corrected chi connectivity index (χ1v) is 5.96. The van der Waals surface area contributed by atoms with E-state index in [1.165, 1.54) is 0 Å². The molecule has 0 aromatic carbocycles. The van der Waals surface area contributed by atoms with E-state index in [1.807, 2.05) is 27.7 Å². The van der Waals surface area contributed by atoms with Gasteiger partial charge >= 0.3 is 0 Å². The van der Waals surface area contributed by atoms with Gasteiger partial charge in [-0.15, -0.1) is 0 Å². The molecule has 2 N–H and O–H groups in total. The van der Waals surface area contributed by atoms with E-state index in [2.05, 4.69) is 15.8 Å². The quantitative estimate of drug-likeness (QED) is 0.785. The van der Waals surface area contributed by atoms with Crippen LogP contribution in [-0.4, -0.2) is 23.7 Å². The standard InChI is InChI=1S/C12H21N3O2/c1-5-8(2)14-12(16)7-13-6-11-9(3)15-17-10(11)4/h8,13H,5-7H2,1-4H3,(H,14,16). The molecular formula is C12H21N3O2. The van der Waals surface area contributed by atoms with E-state index in [0.717, 1.165) is 23.4 Å². The van der Waals surface area contributed by atoms with Crippen molar-refractivity contribution in [2.75, 3.05) is 6.54 Å². The number of carbonyl (C=O) groups is 1. The van der Waals surface area contributed by atoms with Crippen LogP contribution in [0.25, 0.3) is 0 Å². The Morgan fingerprint density at radius 1 is 1.47 bits per heavy atom. The molecule has 0 aliphatic heterocycles. The summed E-state index contributed by atoms with van der Waals surface area (Å²) in [7, 11) is 0. The Labute approximate surface area is 102 Å². The summed E-state index contributed by atoms with van der Waals surface area (Å²) in [6, 6.07) is 0.225. The van der Waals surface area contributed by atoms with Gasteiger partial charge in [0.1, 0.15) is 5.76 Å². The van der Waals surface area contributed by atoms with Crippen LogP contribution >= 0.6 is 0 Å². The molecule has 0 aliphatic carbocycles. The molecular weight excluding hydrogens is 218 g/mol. The molecule has 5 heteroatoms. The molecule has 96 valence electrons. The highest BCUT2D eigenvalue weighted by molar-refractivity contribution is 5.78. The van der Waals surface area contributed by atoms with Gasteiger partial charge in [0.05, 0.1) is 12.2 Å². The second-order valence-corrected chi connectivity index (χ2v) is 4.28. The minimum absolute atomic E-state index is 0.0195. The van der Waals surface area contributed by atoms with Crippen molar-refractivity contribution in [2.45, 2.75) is 46.7 Å². The molecule has 1 heterocycles. The number of aryl methyl sites for hydroxylation is 2. The average Bonchev–Trinajstić information content (AvgIpc) is 2.60. The molecule has 0 bridgehead atoms. The molecule has 1 aromatic heterocycles. The van der Waals surface area contributed by atoms with Crippen molar-refractivity contribution in [1.82, 2.24) is 15.8 Å². The summed E-state index contributed by atoms with van der Waals surface area (Å²) in [6.07, 6.45) is 0.940. The predicted molar refractivity (Wildman–Crippen MR) is 65.6 cm³/mol. The minimum Gasteiger partial charge on any atom is -0.361 e. The zero-order valence-corrected chi connectivity index (χ0v) is 11.0. The van der Waals surface area contributed by atoms with E-state index in [-0.39, 0.29) is 11.9 Å². The molecule has 1 rings (SSSR count). The highest BCUT2D eigenvalue weighted by atomic mass is 16.5. The van der Waals surface area contributed by atoms with E-state index >= 15 is 0 Å². The normalized spacial score (nSPS) is 12.5. The molecule has 0 radical (unpaired) electrons. The first kappa shape index (κ1) is 13.7. The number of hydrogen-bond acceptors (Lipinski definition) is 4. The van der Waals surface area contributed by atoms with Gasteiger partial charge in [-0.1, -0.05) is 12.1 Å².